The van der Waals surface area contributed by atoms with Crippen molar-refractivity contribution in [2.24, 2.45) is 0 Å². The molecule has 0 N–H and O–H groups in total. The lowest BCUT2D eigenvalue weighted by Crippen LogP contribution is -2.10. The maximum absolute atomic E-state index is 12.7. The Morgan fingerprint density at radius 2 is 0.844 bits per heavy atom. The molecule has 32 heavy (non-hydrogen) atoms. The molecule has 0 saturated heterocycles. The molecule has 0 heterocycles. The number of halogens is 2. The smallest absolute Gasteiger partial charge is 0.343 e. The van der Waals surface area contributed by atoms with E-state index in [-0.39, 0.29) is 0 Å². The Hall–Kier alpha value is -3.22. The van der Waals surface area contributed by atoms with Crippen molar-refractivity contribution in [1.29, 1.82) is 0 Å². The first-order valence-corrected chi connectivity index (χ1v) is 11.2. The molecule has 0 aliphatic rings. The van der Waals surface area contributed by atoms with Gasteiger partial charge in [0.05, 0.1) is 11.1 Å². The Kier molecular flexibility index (Phi) is 6.83. The minimum atomic E-state index is -0.478. The van der Waals surface area contributed by atoms with Gasteiger partial charge in [-0.05, 0) is 60.7 Å². The fourth-order valence-electron chi connectivity index (χ4n) is 3.05. The van der Waals surface area contributed by atoms with Crippen LogP contribution in [0.2, 0.25) is 0 Å². The molecular weight excluding hydrogens is 536 g/mol. The number of para-hydroxylation sites is 2. The Labute approximate surface area is 202 Å². The van der Waals surface area contributed by atoms with Crippen LogP contribution in [0.1, 0.15) is 20.7 Å². The molecule has 4 nitrogen and oxygen atoms in total. The molecule has 4 aromatic rings. The first-order valence-electron chi connectivity index (χ1n) is 9.65. The van der Waals surface area contributed by atoms with Gasteiger partial charge in [-0.25, -0.2) is 9.59 Å². The van der Waals surface area contributed by atoms with Gasteiger partial charge in [0, 0.05) is 20.1 Å². The van der Waals surface area contributed by atoms with Crippen LogP contribution >= 0.6 is 31.9 Å². The highest BCUT2D eigenvalue weighted by Gasteiger charge is 2.17. The van der Waals surface area contributed by atoms with Crippen LogP contribution in [0, 0.1) is 0 Å². The van der Waals surface area contributed by atoms with Crippen LogP contribution in [0.15, 0.2) is 106 Å². The zero-order chi connectivity index (χ0) is 22.5. The average molecular weight is 552 g/mol. The van der Waals surface area contributed by atoms with Gasteiger partial charge >= 0.3 is 11.9 Å². The minimum absolute atomic E-state index is 0.368. The number of carbonyl (C=O) groups is 2. The summed E-state index contributed by atoms with van der Waals surface area (Å²) >= 11 is 6.71. The number of ether oxygens (including phenoxy) is 2. The molecule has 0 aromatic heterocycles. The van der Waals surface area contributed by atoms with Gasteiger partial charge in [-0.2, -0.15) is 0 Å². The number of benzene rings is 4. The van der Waals surface area contributed by atoms with Gasteiger partial charge in [-0.3, -0.25) is 0 Å². The molecular formula is C26H16Br2O4. The normalized spacial score (nSPS) is 10.4. The van der Waals surface area contributed by atoms with Gasteiger partial charge in [0.1, 0.15) is 11.5 Å². The van der Waals surface area contributed by atoms with Crippen molar-refractivity contribution in [2.45, 2.75) is 0 Å². The van der Waals surface area contributed by atoms with E-state index in [1.807, 2.05) is 24.3 Å². The Bertz CT molecular complexity index is 1160. The van der Waals surface area contributed by atoms with Crippen LogP contribution < -0.4 is 9.47 Å². The van der Waals surface area contributed by atoms with E-state index in [0.717, 1.165) is 8.95 Å². The van der Waals surface area contributed by atoms with Crippen LogP contribution in [-0.2, 0) is 0 Å². The lowest BCUT2D eigenvalue weighted by molar-refractivity contribution is 0.0723. The van der Waals surface area contributed by atoms with Gasteiger partial charge in [-0.1, -0.05) is 68.3 Å². The molecule has 0 aliphatic carbocycles. The van der Waals surface area contributed by atoms with Crippen molar-refractivity contribution in [3.05, 3.63) is 117 Å². The Morgan fingerprint density at radius 3 is 1.22 bits per heavy atom. The first kappa shape index (κ1) is 22.0. The van der Waals surface area contributed by atoms with Crippen LogP contribution in [0.3, 0.4) is 0 Å². The average Bonchev–Trinajstić information content (AvgIpc) is 2.81. The van der Waals surface area contributed by atoms with Crippen LogP contribution in [0.25, 0.3) is 11.1 Å². The lowest BCUT2D eigenvalue weighted by atomic mass is 10.0. The standard InChI is InChI=1S/C26H16Br2O4/c27-19-13-9-17(10-14-19)25(29)31-23-7-3-1-5-21(23)22-6-2-4-8-24(22)32-26(30)18-11-15-20(28)16-12-18/h1-16H. The summed E-state index contributed by atoms with van der Waals surface area (Å²) in [6.07, 6.45) is 0. The summed E-state index contributed by atoms with van der Waals surface area (Å²) in [6.45, 7) is 0. The molecule has 0 saturated carbocycles. The van der Waals surface area contributed by atoms with Gasteiger partial charge in [0.2, 0.25) is 0 Å². The molecule has 0 bridgehead atoms. The fourth-order valence-corrected chi connectivity index (χ4v) is 3.57. The molecule has 0 atom stereocenters. The molecule has 0 spiro atoms. The highest BCUT2D eigenvalue weighted by atomic mass is 79.9. The van der Waals surface area contributed by atoms with Gasteiger partial charge < -0.3 is 9.47 Å². The summed E-state index contributed by atoms with van der Waals surface area (Å²) in [6, 6.07) is 28.1. The summed E-state index contributed by atoms with van der Waals surface area (Å²) in [5, 5.41) is 0. The number of rotatable bonds is 5. The highest BCUT2D eigenvalue weighted by Crippen LogP contribution is 2.37. The van der Waals surface area contributed by atoms with E-state index in [0.29, 0.717) is 33.8 Å². The molecule has 0 radical (unpaired) electrons. The Balaban J connectivity index is 1.63. The number of hydrogen-bond donors (Lipinski definition) is 0. The Morgan fingerprint density at radius 1 is 0.500 bits per heavy atom. The topological polar surface area (TPSA) is 52.6 Å². The van der Waals surface area contributed by atoms with E-state index >= 15 is 0 Å². The van der Waals surface area contributed by atoms with Crippen LogP contribution in [0.5, 0.6) is 11.5 Å². The summed E-state index contributed by atoms with van der Waals surface area (Å²) in [4.78, 5) is 25.3. The van der Waals surface area contributed by atoms with Crippen LogP contribution in [0.4, 0.5) is 0 Å². The molecule has 4 aromatic carbocycles. The number of esters is 2. The quantitative estimate of drug-likeness (QED) is 0.193. The third-order valence-electron chi connectivity index (χ3n) is 4.63. The maximum atomic E-state index is 12.7. The highest BCUT2D eigenvalue weighted by molar-refractivity contribution is 9.10. The van der Waals surface area contributed by atoms with Gasteiger partial charge in [-0.15, -0.1) is 0 Å². The molecule has 0 aliphatic heterocycles. The van der Waals surface area contributed by atoms with E-state index in [9.17, 15) is 9.59 Å². The number of hydrogen-bond acceptors (Lipinski definition) is 4. The third kappa shape index (κ3) is 5.15. The molecule has 0 unspecified atom stereocenters. The molecule has 4 rings (SSSR count). The minimum Gasteiger partial charge on any atom is -0.422 e. The largest absolute Gasteiger partial charge is 0.422 e. The summed E-state index contributed by atoms with van der Waals surface area (Å²) in [7, 11) is 0. The first-order chi connectivity index (χ1) is 15.5. The van der Waals surface area contributed by atoms with Crippen molar-refractivity contribution in [1.82, 2.24) is 0 Å². The fraction of sp³-hybridized carbons (Fsp3) is 0. The summed E-state index contributed by atoms with van der Waals surface area (Å²) in [5.41, 5.74) is 2.13. The molecule has 0 fully saturated rings. The van der Waals surface area contributed by atoms with E-state index in [2.05, 4.69) is 31.9 Å². The van der Waals surface area contributed by atoms with Crippen LogP contribution in [-0.4, -0.2) is 11.9 Å². The van der Waals surface area contributed by atoms with E-state index < -0.39 is 11.9 Å². The van der Waals surface area contributed by atoms with E-state index in [4.69, 9.17) is 9.47 Å². The zero-order valence-corrected chi connectivity index (χ0v) is 19.8. The predicted molar refractivity (Wildman–Crippen MR) is 130 cm³/mol. The predicted octanol–water partition coefficient (Wildman–Crippen LogP) is 7.32. The second-order valence-electron chi connectivity index (χ2n) is 6.79. The van der Waals surface area contributed by atoms with Crippen molar-refractivity contribution in [3.63, 3.8) is 0 Å². The molecule has 6 heteroatoms. The second-order valence-corrected chi connectivity index (χ2v) is 8.62. The summed E-state index contributed by atoms with van der Waals surface area (Å²) < 4.78 is 13.1. The van der Waals surface area contributed by atoms with E-state index in [1.54, 1.807) is 72.8 Å². The van der Waals surface area contributed by atoms with E-state index in [1.165, 1.54) is 0 Å². The van der Waals surface area contributed by atoms with Crippen molar-refractivity contribution < 1.29 is 19.1 Å². The molecule has 0 amide bonds. The molecule has 158 valence electrons. The summed E-state index contributed by atoms with van der Waals surface area (Å²) in [5.74, 6) is -0.219. The second kappa shape index (κ2) is 9.94. The maximum Gasteiger partial charge on any atom is 0.343 e. The van der Waals surface area contributed by atoms with Crippen molar-refractivity contribution in [2.75, 3.05) is 0 Å². The van der Waals surface area contributed by atoms with Gasteiger partial charge in [0.25, 0.3) is 0 Å². The van der Waals surface area contributed by atoms with Crippen molar-refractivity contribution in [3.8, 4) is 22.6 Å². The van der Waals surface area contributed by atoms with Crippen molar-refractivity contribution >= 4 is 43.8 Å². The monoisotopic (exact) mass is 550 g/mol. The third-order valence-corrected chi connectivity index (χ3v) is 5.69. The SMILES string of the molecule is O=C(Oc1ccccc1-c1ccccc1OC(=O)c1ccc(Br)cc1)c1ccc(Br)cc1. The lowest BCUT2D eigenvalue weighted by Gasteiger charge is -2.14. The number of carbonyl (C=O) groups excluding carboxylic acids is 2. The zero-order valence-electron chi connectivity index (χ0n) is 16.6. The van der Waals surface area contributed by atoms with Gasteiger partial charge in [0.15, 0.2) is 0 Å².